The van der Waals surface area contributed by atoms with Crippen LogP contribution in [0.4, 0.5) is 5.82 Å². The molecule has 1 saturated heterocycles. The summed E-state index contributed by atoms with van der Waals surface area (Å²) in [5.41, 5.74) is 6.68. The fourth-order valence-corrected chi connectivity index (χ4v) is 5.07. The van der Waals surface area contributed by atoms with Crippen molar-refractivity contribution in [3.8, 4) is 0 Å². The smallest absolute Gasteiger partial charge is 0.338 e. The molecule has 0 saturated carbocycles. The van der Waals surface area contributed by atoms with Crippen molar-refractivity contribution < 1.29 is 22.7 Å². The van der Waals surface area contributed by atoms with Gasteiger partial charge < -0.3 is 15.4 Å². The third-order valence-corrected chi connectivity index (χ3v) is 7.30. The van der Waals surface area contributed by atoms with E-state index in [-0.39, 0.29) is 47.7 Å². The second kappa shape index (κ2) is 9.12. The Morgan fingerprint density at radius 3 is 2.48 bits per heavy atom. The lowest BCUT2D eigenvalue weighted by Gasteiger charge is -2.33. The molecular weight excluding hydrogens is 446 g/mol. The summed E-state index contributed by atoms with van der Waals surface area (Å²) in [6.45, 7) is 2.28. The van der Waals surface area contributed by atoms with E-state index in [4.69, 9.17) is 10.5 Å². The van der Waals surface area contributed by atoms with E-state index in [1.165, 1.54) is 35.5 Å². The van der Waals surface area contributed by atoms with Crippen LogP contribution in [0.5, 0.6) is 0 Å². The molecular formula is C22H23N5O5S. The van der Waals surface area contributed by atoms with Gasteiger partial charge in [-0.3, -0.25) is 4.79 Å². The van der Waals surface area contributed by atoms with E-state index in [0.717, 1.165) is 0 Å². The number of carbonyl (C=O) groups excluding carboxylic acids is 2. The number of amides is 1. The minimum atomic E-state index is -3.82. The number of sulfonamides is 1. The van der Waals surface area contributed by atoms with Crippen LogP contribution < -0.4 is 5.73 Å². The summed E-state index contributed by atoms with van der Waals surface area (Å²) < 4.78 is 32.6. The highest BCUT2D eigenvalue weighted by Crippen LogP contribution is 2.20. The summed E-state index contributed by atoms with van der Waals surface area (Å²) in [6.07, 6.45) is 0. The van der Waals surface area contributed by atoms with Crippen molar-refractivity contribution in [2.45, 2.75) is 18.4 Å². The minimum absolute atomic E-state index is 0.0144. The topological polar surface area (TPSA) is 136 Å². The lowest BCUT2D eigenvalue weighted by molar-refractivity contribution is -0.129. The Labute approximate surface area is 191 Å². The molecule has 4 rings (SSSR count). The van der Waals surface area contributed by atoms with E-state index < -0.39 is 16.0 Å². The van der Waals surface area contributed by atoms with Crippen molar-refractivity contribution in [3.05, 3.63) is 59.9 Å². The van der Waals surface area contributed by atoms with Gasteiger partial charge in [-0.05, 0) is 30.3 Å². The molecule has 10 nitrogen and oxygen atoms in total. The first-order chi connectivity index (χ1) is 15.8. The van der Waals surface area contributed by atoms with Gasteiger partial charge in [-0.25, -0.2) is 23.2 Å². The van der Waals surface area contributed by atoms with E-state index in [1.807, 2.05) is 12.1 Å². The second-order valence-corrected chi connectivity index (χ2v) is 9.49. The molecule has 3 aromatic rings. The third-order valence-electron chi connectivity index (χ3n) is 5.40. The number of nitrogens with zero attached hydrogens (tertiary/aromatic N) is 4. The van der Waals surface area contributed by atoms with Crippen LogP contribution in [0, 0.1) is 0 Å². The van der Waals surface area contributed by atoms with Gasteiger partial charge in [0.25, 0.3) is 0 Å². The fraction of sp³-hybridized carbons (Fsp3) is 0.273. The number of hydrogen-bond acceptors (Lipinski definition) is 8. The number of anilines is 1. The van der Waals surface area contributed by atoms with Crippen molar-refractivity contribution in [1.29, 1.82) is 0 Å². The summed E-state index contributed by atoms with van der Waals surface area (Å²) in [4.78, 5) is 34.1. The molecule has 2 N–H and O–H groups in total. The molecule has 0 spiro atoms. The van der Waals surface area contributed by atoms with Crippen molar-refractivity contribution in [1.82, 2.24) is 19.2 Å². The van der Waals surface area contributed by atoms with E-state index in [1.54, 1.807) is 17.0 Å². The van der Waals surface area contributed by atoms with Crippen LogP contribution in [0.15, 0.2) is 53.4 Å². The van der Waals surface area contributed by atoms with Crippen molar-refractivity contribution >= 4 is 38.6 Å². The average Bonchev–Trinajstić information content (AvgIpc) is 2.82. The number of carbonyl (C=O) groups is 2. The Kier molecular flexibility index (Phi) is 6.25. The van der Waals surface area contributed by atoms with Crippen molar-refractivity contribution in [2.24, 2.45) is 0 Å². The Morgan fingerprint density at radius 1 is 1.03 bits per heavy atom. The molecule has 33 heavy (non-hydrogen) atoms. The molecule has 1 aliphatic heterocycles. The molecule has 1 fully saturated rings. The van der Waals surface area contributed by atoms with Crippen molar-refractivity contribution in [3.63, 3.8) is 0 Å². The van der Waals surface area contributed by atoms with Crippen molar-refractivity contribution in [2.75, 3.05) is 31.9 Å². The lowest BCUT2D eigenvalue weighted by atomic mass is 10.2. The van der Waals surface area contributed by atoms with Crippen LogP contribution in [-0.4, -0.2) is 65.6 Å². The molecule has 1 aromatic heterocycles. The number of piperazine rings is 1. The number of ether oxygens (including phenoxy) is 1. The maximum atomic E-state index is 13.0. The highest BCUT2D eigenvalue weighted by atomic mass is 32.2. The van der Waals surface area contributed by atoms with Gasteiger partial charge in [0.2, 0.25) is 15.9 Å². The maximum absolute atomic E-state index is 13.0. The normalized spacial score (nSPS) is 14.9. The number of aromatic nitrogens is 2. The largest absolute Gasteiger partial charge is 0.454 e. The summed E-state index contributed by atoms with van der Waals surface area (Å²) >= 11 is 0. The molecule has 172 valence electrons. The fourth-order valence-electron chi connectivity index (χ4n) is 3.60. The maximum Gasteiger partial charge on any atom is 0.338 e. The first kappa shape index (κ1) is 22.6. The summed E-state index contributed by atoms with van der Waals surface area (Å²) in [7, 11) is -3.82. The van der Waals surface area contributed by atoms with Crippen LogP contribution >= 0.6 is 0 Å². The molecule has 0 atom stereocenters. The molecule has 11 heteroatoms. The van der Waals surface area contributed by atoms with E-state index in [2.05, 4.69) is 9.97 Å². The van der Waals surface area contributed by atoms with Crippen LogP contribution in [0.1, 0.15) is 23.1 Å². The highest BCUT2D eigenvalue weighted by Gasteiger charge is 2.29. The number of fused-ring (bicyclic) bond motifs is 1. The van der Waals surface area contributed by atoms with E-state index in [9.17, 15) is 18.0 Å². The number of para-hydroxylation sites is 1. The van der Waals surface area contributed by atoms with Gasteiger partial charge in [0.1, 0.15) is 5.82 Å². The van der Waals surface area contributed by atoms with Crippen LogP contribution in [-0.2, 0) is 26.2 Å². The second-order valence-electron chi connectivity index (χ2n) is 7.56. The molecule has 2 aromatic carbocycles. The lowest BCUT2D eigenvalue weighted by Crippen LogP contribution is -2.49. The zero-order valence-electron chi connectivity index (χ0n) is 18.0. The van der Waals surface area contributed by atoms with Gasteiger partial charge in [0.05, 0.1) is 16.0 Å². The quantitative estimate of drug-likeness (QED) is 0.554. The summed E-state index contributed by atoms with van der Waals surface area (Å²) in [5, 5.41) is 0.703. The van der Waals surface area contributed by atoms with Crippen LogP contribution in [0.25, 0.3) is 10.9 Å². The molecule has 0 unspecified atom stereocenters. The average molecular weight is 470 g/mol. The highest BCUT2D eigenvalue weighted by molar-refractivity contribution is 7.89. The van der Waals surface area contributed by atoms with Gasteiger partial charge in [-0.15, -0.1) is 0 Å². The Hall–Kier alpha value is -3.57. The monoisotopic (exact) mass is 469 g/mol. The van der Waals surface area contributed by atoms with Crippen LogP contribution in [0.3, 0.4) is 0 Å². The molecule has 0 bridgehead atoms. The minimum Gasteiger partial charge on any atom is -0.454 e. The first-order valence-electron chi connectivity index (χ1n) is 10.3. The van der Waals surface area contributed by atoms with Crippen LogP contribution in [0.2, 0.25) is 0 Å². The number of rotatable bonds is 5. The van der Waals surface area contributed by atoms with Gasteiger partial charge >= 0.3 is 5.97 Å². The molecule has 1 amide bonds. The summed E-state index contributed by atoms with van der Waals surface area (Å²) in [6, 6.07) is 12.9. The predicted octanol–water partition coefficient (Wildman–Crippen LogP) is 1.42. The molecule has 0 aliphatic carbocycles. The number of nitrogens with two attached hydrogens (primary N) is 1. The zero-order valence-corrected chi connectivity index (χ0v) is 18.8. The van der Waals surface area contributed by atoms with E-state index >= 15 is 0 Å². The number of hydrogen-bond donors (Lipinski definition) is 1. The van der Waals surface area contributed by atoms with Gasteiger partial charge in [-0.1, -0.05) is 18.2 Å². The molecule has 1 aliphatic rings. The first-order valence-corrected chi connectivity index (χ1v) is 11.7. The Bertz CT molecular complexity index is 1320. The molecule has 2 heterocycles. The van der Waals surface area contributed by atoms with Gasteiger partial charge in [0.15, 0.2) is 12.4 Å². The number of nitrogen functional groups attached to an aromatic ring is 1. The Balaban J connectivity index is 1.46. The standard InChI is InChI=1S/C22H23N5O5S/c1-15(28)26-9-11-27(12-10-26)33(30,31)17-6-4-5-16(13-17)22(29)32-14-20-24-19-8-3-2-7-18(19)21(23)25-20/h2-8,13H,9-12,14H2,1H3,(H2,23,24,25). The number of benzene rings is 2. The molecule has 0 radical (unpaired) electrons. The zero-order chi connectivity index (χ0) is 23.6. The predicted molar refractivity (Wildman–Crippen MR) is 121 cm³/mol. The third kappa shape index (κ3) is 4.78. The van der Waals surface area contributed by atoms with Gasteiger partial charge in [-0.2, -0.15) is 4.31 Å². The van der Waals surface area contributed by atoms with Gasteiger partial charge in [0, 0.05) is 38.5 Å². The number of esters is 1. The SMILES string of the molecule is CC(=O)N1CCN(S(=O)(=O)c2cccc(C(=O)OCc3nc(N)c4ccccc4n3)c2)CC1. The summed E-state index contributed by atoms with van der Waals surface area (Å²) in [5.74, 6) is -0.269. The van der Waals surface area contributed by atoms with E-state index in [0.29, 0.717) is 24.0 Å². The Morgan fingerprint density at radius 2 is 1.76 bits per heavy atom.